The third kappa shape index (κ3) is 3.19. The van der Waals surface area contributed by atoms with Crippen LogP contribution in [0, 0.1) is 6.92 Å². The van der Waals surface area contributed by atoms with Gasteiger partial charge in [-0.2, -0.15) is 5.10 Å². The topological polar surface area (TPSA) is 55.6 Å². The summed E-state index contributed by atoms with van der Waals surface area (Å²) >= 11 is 3.56. The highest BCUT2D eigenvalue weighted by Crippen LogP contribution is 2.27. The van der Waals surface area contributed by atoms with Crippen LogP contribution in [0.5, 0.6) is 0 Å². The lowest BCUT2D eigenvalue weighted by atomic mass is 10.1. The molecule has 0 fully saturated rings. The molecule has 2 aromatic rings. The van der Waals surface area contributed by atoms with Gasteiger partial charge in [0, 0.05) is 13.2 Å². The fourth-order valence-corrected chi connectivity index (χ4v) is 2.59. The first-order chi connectivity index (χ1) is 9.13. The molecule has 0 radical (unpaired) electrons. The zero-order chi connectivity index (χ0) is 13.8. The van der Waals surface area contributed by atoms with Crippen molar-refractivity contribution in [3.8, 4) is 0 Å². The Morgan fingerprint density at radius 2 is 2.26 bits per heavy atom. The second-order valence-corrected chi connectivity index (χ2v) is 5.27. The predicted molar refractivity (Wildman–Crippen MR) is 77.8 cm³/mol. The maximum atomic E-state index is 4.53. The first kappa shape index (κ1) is 14.1. The van der Waals surface area contributed by atoms with E-state index in [9.17, 15) is 0 Å². The number of aromatic nitrogens is 4. The summed E-state index contributed by atoms with van der Waals surface area (Å²) in [4.78, 5) is 8.68. The lowest BCUT2D eigenvalue weighted by molar-refractivity contribution is 0.540. The molecule has 1 unspecified atom stereocenters. The van der Waals surface area contributed by atoms with E-state index in [0.29, 0.717) is 0 Å². The third-order valence-corrected chi connectivity index (χ3v) is 3.51. The lowest BCUT2D eigenvalue weighted by Crippen LogP contribution is -2.26. The van der Waals surface area contributed by atoms with Crippen LogP contribution in [0.3, 0.4) is 0 Å². The van der Waals surface area contributed by atoms with Crippen LogP contribution in [-0.4, -0.2) is 26.3 Å². The molecule has 2 heterocycles. The van der Waals surface area contributed by atoms with E-state index in [1.165, 1.54) is 0 Å². The molecule has 0 bridgehead atoms. The van der Waals surface area contributed by atoms with Crippen molar-refractivity contribution in [1.29, 1.82) is 0 Å². The summed E-state index contributed by atoms with van der Waals surface area (Å²) in [7, 11) is 1.94. The minimum absolute atomic E-state index is 0.0172. The molecule has 2 rings (SSSR count). The van der Waals surface area contributed by atoms with Gasteiger partial charge in [-0.1, -0.05) is 6.92 Å². The molecule has 0 saturated heterocycles. The van der Waals surface area contributed by atoms with Crippen molar-refractivity contribution < 1.29 is 0 Å². The van der Waals surface area contributed by atoms with Crippen LogP contribution in [0.25, 0.3) is 0 Å². The second kappa shape index (κ2) is 6.25. The number of halogens is 1. The van der Waals surface area contributed by atoms with Gasteiger partial charge in [-0.05, 0) is 41.9 Å². The van der Waals surface area contributed by atoms with E-state index in [1.54, 1.807) is 6.20 Å². The Kier molecular flexibility index (Phi) is 4.66. The van der Waals surface area contributed by atoms with Crippen molar-refractivity contribution >= 4 is 15.9 Å². The molecule has 1 atom stereocenters. The normalized spacial score (nSPS) is 12.6. The maximum Gasteiger partial charge on any atom is 0.125 e. The van der Waals surface area contributed by atoms with E-state index in [2.05, 4.69) is 43.2 Å². The first-order valence-corrected chi connectivity index (χ1v) is 7.13. The summed E-state index contributed by atoms with van der Waals surface area (Å²) in [6.07, 6.45) is 4.67. The quantitative estimate of drug-likeness (QED) is 0.917. The Labute approximate surface area is 121 Å². The smallest absolute Gasteiger partial charge is 0.125 e. The predicted octanol–water partition coefficient (Wildman–Crippen LogP) is 2.37. The van der Waals surface area contributed by atoms with Gasteiger partial charge in [0.15, 0.2) is 0 Å². The van der Waals surface area contributed by atoms with Gasteiger partial charge in [0.25, 0.3) is 0 Å². The van der Waals surface area contributed by atoms with Gasteiger partial charge in [0.2, 0.25) is 0 Å². The zero-order valence-electron chi connectivity index (χ0n) is 11.4. The highest BCUT2D eigenvalue weighted by Gasteiger charge is 2.21. The summed E-state index contributed by atoms with van der Waals surface area (Å²) in [5.74, 6) is 0.777. The summed E-state index contributed by atoms with van der Waals surface area (Å²) in [5.41, 5.74) is 2.04. The van der Waals surface area contributed by atoms with Gasteiger partial charge in [-0.15, -0.1) is 0 Å². The molecular weight excluding hydrogens is 306 g/mol. The highest BCUT2D eigenvalue weighted by atomic mass is 79.9. The van der Waals surface area contributed by atoms with Crippen LogP contribution < -0.4 is 5.32 Å². The molecule has 102 valence electrons. The van der Waals surface area contributed by atoms with Crippen molar-refractivity contribution in [3.63, 3.8) is 0 Å². The average Bonchev–Trinajstić information content (AvgIpc) is 2.71. The standard InChI is InChI=1S/C13H18BrN5/c1-4-6-16-12(11-5-7-15-9(2)18-11)13-10(14)8-17-19(13)3/h5,7-8,12,16H,4,6H2,1-3H3. The van der Waals surface area contributed by atoms with E-state index in [4.69, 9.17) is 0 Å². The maximum absolute atomic E-state index is 4.53. The van der Waals surface area contributed by atoms with Crippen LogP contribution in [0.4, 0.5) is 0 Å². The SMILES string of the molecule is CCCNC(c1ccnc(C)n1)c1c(Br)cnn1C. The van der Waals surface area contributed by atoms with Gasteiger partial charge >= 0.3 is 0 Å². The van der Waals surface area contributed by atoms with Crippen molar-refractivity contribution in [2.45, 2.75) is 26.3 Å². The van der Waals surface area contributed by atoms with Gasteiger partial charge in [-0.3, -0.25) is 4.68 Å². The average molecular weight is 324 g/mol. The van der Waals surface area contributed by atoms with E-state index in [1.807, 2.05) is 30.9 Å². The van der Waals surface area contributed by atoms with E-state index < -0.39 is 0 Å². The van der Waals surface area contributed by atoms with Gasteiger partial charge in [0.05, 0.1) is 28.1 Å². The number of nitrogens with zero attached hydrogens (tertiary/aromatic N) is 4. The molecule has 6 heteroatoms. The second-order valence-electron chi connectivity index (χ2n) is 4.42. The summed E-state index contributed by atoms with van der Waals surface area (Å²) in [6.45, 7) is 4.97. The minimum atomic E-state index is 0.0172. The van der Waals surface area contributed by atoms with Crippen molar-refractivity contribution in [3.05, 3.63) is 40.1 Å². The monoisotopic (exact) mass is 323 g/mol. The summed E-state index contributed by atoms with van der Waals surface area (Å²) < 4.78 is 2.86. The summed E-state index contributed by atoms with van der Waals surface area (Å²) in [6, 6.07) is 1.96. The van der Waals surface area contributed by atoms with Gasteiger partial charge in [-0.25, -0.2) is 9.97 Å². The minimum Gasteiger partial charge on any atom is -0.304 e. The lowest BCUT2D eigenvalue weighted by Gasteiger charge is -2.19. The largest absolute Gasteiger partial charge is 0.304 e. The van der Waals surface area contributed by atoms with Crippen molar-refractivity contribution in [1.82, 2.24) is 25.1 Å². The van der Waals surface area contributed by atoms with E-state index in [0.717, 1.165) is 34.7 Å². The molecule has 0 aliphatic carbocycles. The molecule has 0 spiro atoms. The van der Waals surface area contributed by atoms with E-state index in [-0.39, 0.29) is 6.04 Å². The molecule has 0 amide bonds. The third-order valence-electron chi connectivity index (χ3n) is 2.90. The van der Waals surface area contributed by atoms with E-state index >= 15 is 0 Å². The first-order valence-electron chi connectivity index (χ1n) is 6.33. The van der Waals surface area contributed by atoms with Gasteiger partial charge in [0.1, 0.15) is 5.82 Å². The Morgan fingerprint density at radius 1 is 1.47 bits per heavy atom. The number of rotatable bonds is 5. The number of hydrogen-bond donors (Lipinski definition) is 1. The highest BCUT2D eigenvalue weighted by molar-refractivity contribution is 9.10. The summed E-state index contributed by atoms with van der Waals surface area (Å²) in [5, 5.41) is 7.80. The molecule has 0 aliphatic heterocycles. The van der Waals surface area contributed by atoms with Crippen molar-refractivity contribution in [2.24, 2.45) is 7.05 Å². The van der Waals surface area contributed by atoms with Crippen LogP contribution in [0.1, 0.15) is 36.6 Å². The molecule has 2 aromatic heterocycles. The number of aryl methyl sites for hydroxylation is 2. The molecule has 1 N–H and O–H groups in total. The Morgan fingerprint density at radius 3 is 2.84 bits per heavy atom. The fourth-order valence-electron chi connectivity index (χ4n) is 2.01. The van der Waals surface area contributed by atoms with Crippen LogP contribution in [0.2, 0.25) is 0 Å². The Hall–Kier alpha value is -1.27. The van der Waals surface area contributed by atoms with Crippen LogP contribution in [0.15, 0.2) is 22.9 Å². The molecule has 0 aliphatic rings. The molecular formula is C13H18BrN5. The molecule has 19 heavy (non-hydrogen) atoms. The number of hydrogen-bond acceptors (Lipinski definition) is 4. The molecule has 0 aromatic carbocycles. The van der Waals surface area contributed by atoms with Crippen molar-refractivity contribution in [2.75, 3.05) is 6.54 Å². The fraction of sp³-hybridized carbons (Fsp3) is 0.462. The molecule has 0 saturated carbocycles. The Balaban J connectivity index is 2.41. The van der Waals surface area contributed by atoms with Crippen LogP contribution in [-0.2, 0) is 7.05 Å². The zero-order valence-corrected chi connectivity index (χ0v) is 13.0. The Bertz CT molecular complexity index is 532. The van der Waals surface area contributed by atoms with Gasteiger partial charge < -0.3 is 5.32 Å². The molecule has 5 nitrogen and oxygen atoms in total. The number of nitrogens with one attached hydrogen (secondary N) is 1. The van der Waals surface area contributed by atoms with Crippen LogP contribution >= 0.6 is 15.9 Å².